The Kier molecular flexibility index (Phi) is 8.84. The molecule has 1 aliphatic carbocycles. The summed E-state index contributed by atoms with van der Waals surface area (Å²) in [6.07, 6.45) is 4.31. The van der Waals surface area contributed by atoms with Gasteiger partial charge in [0.2, 0.25) is 5.91 Å². The van der Waals surface area contributed by atoms with Crippen LogP contribution in [0.2, 0.25) is 0 Å². The van der Waals surface area contributed by atoms with Gasteiger partial charge >= 0.3 is 5.97 Å². The molecule has 0 unspecified atom stereocenters. The van der Waals surface area contributed by atoms with Gasteiger partial charge in [-0.05, 0) is 109 Å². The van der Waals surface area contributed by atoms with E-state index in [0.717, 1.165) is 17.2 Å². The number of halogens is 1. The first kappa shape index (κ1) is 31.6. The summed E-state index contributed by atoms with van der Waals surface area (Å²) in [4.78, 5) is 59.9. The number of rotatable bonds is 8. The van der Waals surface area contributed by atoms with Crippen molar-refractivity contribution in [2.75, 3.05) is 18.5 Å². The average molecular weight is 635 g/mol. The number of aryl methyl sites for hydroxylation is 1. The monoisotopic (exact) mass is 634 g/mol. The summed E-state index contributed by atoms with van der Waals surface area (Å²) >= 11 is 0. The van der Waals surface area contributed by atoms with Crippen molar-refractivity contribution < 1.29 is 28.3 Å². The molecule has 0 bridgehead atoms. The number of aromatic nitrogens is 1. The number of benzene rings is 3. The van der Waals surface area contributed by atoms with Crippen LogP contribution in [0, 0.1) is 18.7 Å². The molecule has 47 heavy (non-hydrogen) atoms. The van der Waals surface area contributed by atoms with Crippen molar-refractivity contribution in [2.24, 2.45) is 5.92 Å². The van der Waals surface area contributed by atoms with E-state index >= 15 is 0 Å². The number of ether oxygens (including phenoxy) is 1. The van der Waals surface area contributed by atoms with Crippen molar-refractivity contribution in [2.45, 2.75) is 45.4 Å². The van der Waals surface area contributed by atoms with Crippen molar-refractivity contribution in [3.05, 3.63) is 119 Å². The van der Waals surface area contributed by atoms with E-state index in [4.69, 9.17) is 4.74 Å². The van der Waals surface area contributed by atoms with E-state index in [2.05, 4.69) is 10.3 Å². The van der Waals surface area contributed by atoms with Crippen LogP contribution in [0.3, 0.4) is 0 Å². The first-order chi connectivity index (χ1) is 22.6. The van der Waals surface area contributed by atoms with Gasteiger partial charge in [-0.15, -0.1) is 0 Å². The van der Waals surface area contributed by atoms with Gasteiger partial charge in [-0.2, -0.15) is 0 Å². The summed E-state index contributed by atoms with van der Waals surface area (Å²) in [5.74, 6) is -1.64. The number of esters is 1. The number of likely N-dealkylation sites (N-methyl/N-ethyl adjacent to an activating group) is 1. The van der Waals surface area contributed by atoms with Crippen LogP contribution in [-0.2, 0) is 16.1 Å². The van der Waals surface area contributed by atoms with Crippen LogP contribution < -0.4 is 10.2 Å². The Morgan fingerprint density at radius 1 is 0.957 bits per heavy atom. The SMILES string of the molecule is Cc1cc(F)cc(C(=O)OC2CC(CNC(=O)c3cccc(CN4C(=O)c5ccc(-c6ccncc6)cc5N(C)C(=O)[C@H]4C)c3)C2)c1. The maximum Gasteiger partial charge on any atom is 0.338 e. The lowest BCUT2D eigenvalue weighted by Crippen LogP contribution is -2.45. The maximum atomic E-state index is 13.8. The molecule has 1 N–H and O–H groups in total. The number of pyridine rings is 1. The molecule has 10 heteroatoms. The van der Waals surface area contributed by atoms with Gasteiger partial charge < -0.3 is 19.9 Å². The zero-order valence-electron chi connectivity index (χ0n) is 26.4. The molecule has 1 atom stereocenters. The second kappa shape index (κ2) is 13.2. The Hall–Kier alpha value is -5.38. The van der Waals surface area contributed by atoms with Gasteiger partial charge in [-0.25, -0.2) is 9.18 Å². The summed E-state index contributed by atoms with van der Waals surface area (Å²) in [5, 5.41) is 2.95. The Morgan fingerprint density at radius 2 is 1.72 bits per heavy atom. The maximum absolute atomic E-state index is 13.8. The number of nitrogens with zero attached hydrogens (tertiary/aromatic N) is 3. The molecule has 1 saturated carbocycles. The molecule has 9 nitrogen and oxygen atoms in total. The van der Waals surface area contributed by atoms with E-state index in [1.54, 1.807) is 63.6 Å². The van der Waals surface area contributed by atoms with E-state index in [0.29, 0.717) is 47.3 Å². The van der Waals surface area contributed by atoms with Crippen LogP contribution in [0.5, 0.6) is 0 Å². The number of amides is 3. The van der Waals surface area contributed by atoms with Crippen LogP contribution in [0.1, 0.15) is 62.0 Å². The zero-order chi connectivity index (χ0) is 33.2. The summed E-state index contributed by atoms with van der Waals surface area (Å²) in [6.45, 7) is 3.99. The highest BCUT2D eigenvalue weighted by Gasteiger charge is 2.36. The molecule has 4 aromatic rings. The number of hydrogen-bond donors (Lipinski definition) is 1. The molecular weight excluding hydrogens is 599 g/mol. The number of hydrogen-bond acceptors (Lipinski definition) is 6. The highest BCUT2D eigenvalue weighted by Crippen LogP contribution is 2.33. The van der Waals surface area contributed by atoms with Gasteiger partial charge in [0.15, 0.2) is 0 Å². The lowest BCUT2D eigenvalue weighted by molar-refractivity contribution is -0.122. The van der Waals surface area contributed by atoms with Crippen LogP contribution in [0.25, 0.3) is 11.1 Å². The summed E-state index contributed by atoms with van der Waals surface area (Å²) in [6, 6.07) is 19.6. The number of fused-ring (bicyclic) bond motifs is 1. The largest absolute Gasteiger partial charge is 0.459 e. The molecule has 0 saturated heterocycles. The molecule has 2 aliphatic rings. The quantitative estimate of drug-likeness (QED) is 0.254. The molecule has 1 aliphatic heterocycles. The molecule has 6 rings (SSSR count). The Labute approximate surface area is 272 Å². The van der Waals surface area contributed by atoms with Gasteiger partial charge in [0, 0.05) is 38.1 Å². The minimum absolute atomic E-state index is 0.145. The molecule has 0 radical (unpaired) electrons. The third kappa shape index (κ3) is 6.77. The third-order valence-electron chi connectivity index (χ3n) is 8.86. The topological polar surface area (TPSA) is 109 Å². The van der Waals surface area contributed by atoms with Gasteiger partial charge in [-0.1, -0.05) is 18.2 Å². The highest BCUT2D eigenvalue weighted by molar-refractivity contribution is 6.11. The van der Waals surface area contributed by atoms with Crippen molar-refractivity contribution in [3.8, 4) is 11.1 Å². The summed E-state index contributed by atoms with van der Waals surface area (Å²) < 4.78 is 19.2. The molecule has 1 fully saturated rings. The van der Waals surface area contributed by atoms with Gasteiger partial charge in [-0.3, -0.25) is 19.4 Å². The smallest absolute Gasteiger partial charge is 0.338 e. The van der Waals surface area contributed by atoms with E-state index in [9.17, 15) is 23.6 Å². The normalized spacial score (nSPS) is 19.0. The number of carbonyl (C=O) groups excluding carboxylic acids is 4. The number of carbonyl (C=O) groups is 4. The number of anilines is 1. The van der Waals surface area contributed by atoms with Gasteiger partial charge in [0.05, 0.1) is 16.8 Å². The summed E-state index contributed by atoms with van der Waals surface area (Å²) in [5.41, 5.74) is 4.74. The lowest BCUT2D eigenvalue weighted by Gasteiger charge is -2.34. The standard InChI is InChI=1S/C37H35FN4O5/c1-22-13-29(18-30(38)14-22)37(46)47-31-16-25(17-31)20-40-34(43)28-6-4-5-24(15-28)21-42-23(2)35(44)41(3)33-19-27(7-8-32(33)36(42)45)26-9-11-39-12-10-26/h4-15,18-19,23,25,31H,16-17,20-21H2,1-3H3,(H,40,43)/t23-,25?,31?/m1/s1. The van der Waals surface area contributed by atoms with Crippen LogP contribution in [0.15, 0.2) is 85.2 Å². The first-order valence-electron chi connectivity index (χ1n) is 15.6. The molecule has 240 valence electrons. The van der Waals surface area contributed by atoms with Crippen molar-refractivity contribution in [3.63, 3.8) is 0 Å². The minimum Gasteiger partial charge on any atom is -0.459 e. The third-order valence-corrected chi connectivity index (χ3v) is 8.86. The second-order valence-corrected chi connectivity index (χ2v) is 12.3. The first-order valence-corrected chi connectivity index (χ1v) is 15.6. The van der Waals surface area contributed by atoms with Gasteiger partial charge in [0.1, 0.15) is 18.0 Å². The second-order valence-electron chi connectivity index (χ2n) is 12.3. The predicted octanol–water partition coefficient (Wildman–Crippen LogP) is 5.57. The highest BCUT2D eigenvalue weighted by atomic mass is 19.1. The van der Waals surface area contributed by atoms with Gasteiger partial charge in [0.25, 0.3) is 11.8 Å². The molecule has 0 spiro atoms. The van der Waals surface area contributed by atoms with Crippen LogP contribution >= 0.6 is 0 Å². The van der Waals surface area contributed by atoms with Crippen LogP contribution in [-0.4, -0.2) is 59.3 Å². The molecule has 2 heterocycles. The van der Waals surface area contributed by atoms with Crippen LogP contribution in [0.4, 0.5) is 10.1 Å². The number of nitrogens with one attached hydrogen (secondary N) is 1. The van der Waals surface area contributed by atoms with E-state index in [-0.39, 0.29) is 41.9 Å². The fourth-order valence-corrected chi connectivity index (χ4v) is 6.14. The Balaban J connectivity index is 1.07. The Morgan fingerprint density at radius 3 is 2.47 bits per heavy atom. The molecular formula is C37H35FN4O5. The predicted molar refractivity (Wildman–Crippen MR) is 174 cm³/mol. The zero-order valence-corrected chi connectivity index (χ0v) is 26.4. The Bertz CT molecular complexity index is 1840. The molecule has 3 amide bonds. The van der Waals surface area contributed by atoms with E-state index in [1.807, 2.05) is 30.3 Å². The van der Waals surface area contributed by atoms with Crippen molar-refractivity contribution >= 4 is 29.4 Å². The molecule has 1 aromatic heterocycles. The molecule has 3 aromatic carbocycles. The van der Waals surface area contributed by atoms with E-state index in [1.165, 1.54) is 15.9 Å². The van der Waals surface area contributed by atoms with Crippen molar-refractivity contribution in [1.29, 1.82) is 0 Å². The van der Waals surface area contributed by atoms with E-state index < -0.39 is 17.8 Å². The summed E-state index contributed by atoms with van der Waals surface area (Å²) in [7, 11) is 1.68. The fourth-order valence-electron chi connectivity index (χ4n) is 6.14. The minimum atomic E-state index is -0.729. The average Bonchev–Trinajstić information content (AvgIpc) is 3.11. The lowest BCUT2D eigenvalue weighted by atomic mass is 9.82. The van der Waals surface area contributed by atoms with Crippen molar-refractivity contribution in [1.82, 2.24) is 15.2 Å². The fraction of sp³-hybridized carbons (Fsp3) is 0.270.